The van der Waals surface area contributed by atoms with E-state index in [-0.39, 0.29) is 0 Å². The highest BCUT2D eigenvalue weighted by Gasteiger charge is 2.31. The molecule has 2 saturated carbocycles. The van der Waals surface area contributed by atoms with E-state index < -0.39 is 0 Å². The summed E-state index contributed by atoms with van der Waals surface area (Å²) in [5, 5.41) is 9.47. The topological polar surface area (TPSA) is 42.3 Å². The van der Waals surface area contributed by atoms with Crippen LogP contribution in [0, 0.1) is 5.92 Å². The number of piperazine rings is 1. The summed E-state index contributed by atoms with van der Waals surface area (Å²) in [6, 6.07) is 16.9. The first-order valence-corrected chi connectivity index (χ1v) is 13.8. The van der Waals surface area contributed by atoms with E-state index in [1.807, 2.05) is 12.1 Å². The highest BCUT2D eigenvalue weighted by Crippen LogP contribution is 2.30. The van der Waals surface area contributed by atoms with Gasteiger partial charge in [0.15, 0.2) is 0 Å². The quantitative estimate of drug-likeness (QED) is 0.570. The van der Waals surface area contributed by atoms with Crippen LogP contribution in [0.3, 0.4) is 0 Å². The van der Waals surface area contributed by atoms with E-state index in [2.05, 4.69) is 45.3 Å². The molecule has 1 N–H and O–H groups in total. The van der Waals surface area contributed by atoms with Crippen LogP contribution < -0.4 is 0 Å². The molecule has 34 heavy (non-hydrogen) atoms. The molecule has 2 heterocycles. The third-order valence-electron chi connectivity index (χ3n) is 7.63. The minimum atomic E-state index is 0.301. The lowest BCUT2D eigenvalue weighted by molar-refractivity contribution is 0.0835. The summed E-state index contributed by atoms with van der Waals surface area (Å²) in [4.78, 5) is 11.2. The normalized spacial score (nSPS) is 21.4. The van der Waals surface area contributed by atoms with Gasteiger partial charge in [0.25, 0.3) is 0 Å². The van der Waals surface area contributed by atoms with Gasteiger partial charge in [-0.05, 0) is 66.1 Å². The minimum Gasteiger partial charge on any atom is -0.508 e. The van der Waals surface area contributed by atoms with Gasteiger partial charge in [0, 0.05) is 37.1 Å². The monoisotopic (exact) mass is 478 g/mol. The van der Waals surface area contributed by atoms with Crippen LogP contribution in [-0.4, -0.2) is 70.5 Å². The Morgan fingerprint density at radius 3 is 1.91 bits per heavy atom. The number of phenols is 1. The number of hydrogen-bond acceptors (Lipinski definition) is 6. The van der Waals surface area contributed by atoms with Crippen LogP contribution in [0.5, 0.6) is 5.75 Å². The first-order chi connectivity index (χ1) is 16.7. The van der Waals surface area contributed by atoms with Gasteiger partial charge in [-0.25, -0.2) is 0 Å². The fourth-order valence-corrected chi connectivity index (χ4v) is 5.84. The van der Waals surface area contributed by atoms with Crippen molar-refractivity contribution in [1.29, 1.82) is 0 Å². The van der Waals surface area contributed by atoms with E-state index >= 15 is 0 Å². The van der Waals surface area contributed by atoms with Crippen molar-refractivity contribution < 1.29 is 5.11 Å². The van der Waals surface area contributed by atoms with Crippen LogP contribution >= 0.6 is 11.9 Å². The van der Waals surface area contributed by atoms with E-state index in [4.69, 9.17) is 4.99 Å². The lowest BCUT2D eigenvalue weighted by Gasteiger charge is -2.44. The fourth-order valence-electron chi connectivity index (χ4n) is 4.90. The maximum absolute atomic E-state index is 9.47. The molecule has 0 radical (unpaired) electrons. The van der Waals surface area contributed by atoms with Crippen molar-refractivity contribution in [3.63, 3.8) is 0 Å². The Labute approximate surface area is 209 Å². The maximum Gasteiger partial charge on any atom is 0.207 e. The fraction of sp³-hybridized carbons (Fsp3) is 0.536. The molecular weight excluding hydrogens is 440 g/mol. The molecule has 2 aliphatic heterocycles. The van der Waals surface area contributed by atoms with Crippen molar-refractivity contribution in [2.45, 2.75) is 56.4 Å². The van der Waals surface area contributed by atoms with Gasteiger partial charge in [-0.2, -0.15) is 0 Å². The standard InChI is InChI=1S/C23H28N4OS.C5H10/c28-21-8-4-18(5-9-21)19-6-10-22(11-7-19)29-27-13-12-24-23(27)26-16-14-25(15-17-26)20-2-1-3-20;1-5-3-2-4-5/h4-11,20,28H,1-3,12-17H2;5H,2-4H2,1H3. The lowest BCUT2D eigenvalue weighted by Crippen LogP contribution is -2.55. The molecule has 0 atom stereocenters. The van der Waals surface area contributed by atoms with E-state index in [0.29, 0.717) is 5.75 Å². The van der Waals surface area contributed by atoms with Crippen LogP contribution in [0.25, 0.3) is 11.1 Å². The summed E-state index contributed by atoms with van der Waals surface area (Å²) < 4.78 is 2.36. The van der Waals surface area contributed by atoms with Crippen molar-refractivity contribution in [1.82, 2.24) is 14.1 Å². The second kappa shape index (κ2) is 11.0. The third kappa shape index (κ3) is 5.72. The molecule has 6 rings (SSSR count). The van der Waals surface area contributed by atoms with E-state index in [1.54, 1.807) is 24.1 Å². The SMILES string of the molecule is CC1CCC1.Oc1ccc(-c2ccc(SN3CCN=C3N3CCN(C4CCC4)CC3)cc2)cc1. The zero-order valence-electron chi connectivity index (χ0n) is 20.4. The van der Waals surface area contributed by atoms with Crippen molar-refractivity contribution >= 4 is 17.9 Å². The summed E-state index contributed by atoms with van der Waals surface area (Å²) in [5.74, 6) is 2.52. The predicted molar refractivity (Wildman–Crippen MR) is 142 cm³/mol. The molecule has 6 heteroatoms. The van der Waals surface area contributed by atoms with Gasteiger partial charge in [-0.1, -0.05) is 56.9 Å². The number of nitrogens with zero attached hydrogens (tertiary/aromatic N) is 4. The molecule has 0 aromatic heterocycles. The van der Waals surface area contributed by atoms with Gasteiger partial charge in [0.1, 0.15) is 5.75 Å². The number of rotatable bonds is 4. The zero-order chi connectivity index (χ0) is 23.3. The van der Waals surface area contributed by atoms with Crippen molar-refractivity contribution in [3.8, 4) is 16.9 Å². The molecule has 5 nitrogen and oxygen atoms in total. The average Bonchev–Trinajstić information content (AvgIpc) is 3.27. The summed E-state index contributed by atoms with van der Waals surface area (Å²) in [5.41, 5.74) is 2.28. The first-order valence-electron chi connectivity index (χ1n) is 13.0. The van der Waals surface area contributed by atoms with Gasteiger partial charge in [-0.15, -0.1) is 0 Å². The van der Waals surface area contributed by atoms with Gasteiger partial charge < -0.3 is 10.0 Å². The van der Waals surface area contributed by atoms with E-state index in [1.165, 1.54) is 56.5 Å². The first kappa shape index (κ1) is 23.6. The number of phenolic OH excluding ortho intramolecular Hbond substituents is 1. The molecule has 3 fully saturated rings. The van der Waals surface area contributed by atoms with Crippen molar-refractivity contribution in [3.05, 3.63) is 48.5 Å². The Hall–Kier alpha value is -2.18. The van der Waals surface area contributed by atoms with Crippen LogP contribution in [0.2, 0.25) is 0 Å². The summed E-state index contributed by atoms with van der Waals surface area (Å²) >= 11 is 1.79. The molecule has 2 aromatic rings. The molecule has 0 unspecified atom stereocenters. The average molecular weight is 479 g/mol. The molecular formula is C28H38N4OS. The largest absolute Gasteiger partial charge is 0.508 e. The van der Waals surface area contributed by atoms with Gasteiger partial charge in [-0.3, -0.25) is 14.2 Å². The molecule has 2 aromatic carbocycles. The molecule has 2 aliphatic carbocycles. The molecule has 182 valence electrons. The highest BCUT2D eigenvalue weighted by atomic mass is 32.2. The Kier molecular flexibility index (Phi) is 7.65. The molecule has 0 amide bonds. The summed E-state index contributed by atoms with van der Waals surface area (Å²) in [6.07, 6.45) is 8.65. The summed E-state index contributed by atoms with van der Waals surface area (Å²) in [6.45, 7) is 8.69. The highest BCUT2D eigenvalue weighted by molar-refractivity contribution is 7.97. The Morgan fingerprint density at radius 1 is 0.794 bits per heavy atom. The predicted octanol–water partition coefficient (Wildman–Crippen LogP) is 5.71. The Morgan fingerprint density at radius 2 is 1.38 bits per heavy atom. The number of guanidine groups is 1. The third-order valence-corrected chi connectivity index (χ3v) is 8.68. The Balaban J connectivity index is 0.000000429. The zero-order valence-corrected chi connectivity index (χ0v) is 21.2. The Bertz CT molecular complexity index is 945. The van der Waals surface area contributed by atoms with Crippen LogP contribution in [-0.2, 0) is 0 Å². The smallest absolute Gasteiger partial charge is 0.207 e. The number of hydrogen-bond donors (Lipinski definition) is 1. The van der Waals surface area contributed by atoms with Crippen LogP contribution in [0.4, 0.5) is 0 Å². The van der Waals surface area contributed by atoms with Crippen molar-refractivity contribution in [2.24, 2.45) is 10.9 Å². The maximum atomic E-state index is 9.47. The summed E-state index contributed by atoms with van der Waals surface area (Å²) in [7, 11) is 0. The van der Waals surface area contributed by atoms with Crippen LogP contribution in [0.15, 0.2) is 58.4 Å². The van der Waals surface area contributed by atoms with E-state index in [0.717, 1.165) is 55.2 Å². The minimum absolute atomic E-state index is 0.301. The van der Waals surface area contributed by atoms with Gasteiger partial charge in [0.05, 0.1) is 13.1 Å². The van der Waals surface area contributed by atoms with Gasteiger partial charge >= 0.3 is 0 Å². The second-order valence-electron chi connectivity index (χ2n) is 10.1. The number of aliphatic imine (C=N–C) groups is 1. The number of benzene rings is 2. The van der Waals surface area contributed by atoms with Gasteiger partial charge in [0.2, 0.25) is 5.96 Å². The molecule has 1 saturated heterocycles. The second-order valence-corrected chi connectivity index (χ2v) is 11.2. The number of aromatic hydroxyl groups is 1. The molecule has 0 spiro atoms. The molecule has 4 aliphatic rings. The van der Waals surface area contributed by atoms with Crippen LogP contribution in [0.1, 0.15) is 45.4 Å². The lowest BCUT2D eigenvalue weighted by atomic mass is 9.88. The van der Waals surface area contributed by atoms with E-state index in [9.17, 15) is 5.11 Å². The van der Waals surface area contributed by atoms with Crippen molar-refractivity contribution in [2.75, 3.05) is 39.3 Å². The molecule has 0 bridgehead atoms.